The lowest BCUT2D eigenvalue weighted by Crippen LogP contribution is -2.31. The molecule has 3 nitrogen and oxygen atoms in total. The largest absolute Gasteiger partial charge is 0.374 e. The topological polar surface area (TPSA) is 49.3 Å². The van der Waals surface area contributed by atoms with E-state index < -0.39 is 6.23 Å². The first kappa shape index (κ1) is 13.4. The van der Waals surface area contributed by atoms with Crippen molar-refractivity contribution in [3.05, 3.63) is 0 Å². The number of aliphatic hydroxyl groups excluding tert-OH is 1. The van der Waals surface area contributed by atoms with Gasteiger partial charge in [0.05, 0.1) is 0 Å². The van der Waals surface area contributed by atoms with Crippen molar-refractivity contribution in [1.82, 2.24) is 5.32 Å². The second kappa shape index (κ2) is 9.00. The molecule has 0 aliphatic carbocycles. The summed E-state index contributed by atoms with van der Waals surface area (Å²) in [6, 6.07) is 0. The second-order valence-corrected chi connectivity index (χ2v) is 3.76. The highest BCUT2D eigenvalue weighted by molar-refractivity contribution is 5.75. The van der Waals surface area contributed by atoms with Gasteiger partial charge in [-0.2, -0.15) is 0 Å². The van der Waals surface area contributed by atoms with E-state index in [1.54, 1.807) is 6.92 Å². The average molecular weight is 201 g/mol. The van der Waals surface area contributed by atoms with Crippen LogP contribution in [0.5, 0.6) is 0 Å². The minimum Gasteiger partial charge on any atom is -0.374 e. The molecule has 84 valence electrons. The zero-order valence-corrected chi connectivity index (χ0v) is 9.38. The number of hydrogen-bond acceptors (Lipinski definition) is 2. The van der Waals surface area contributed by atoms with Crippen LogP contribution in [0.4, 0.5) is 0 Å². The summed E-state index contributed by atoms with van der Waals surface area (Å²) in [7, 11) is 0. The minimum atomic E-state index is -0.720. The number of unbranched alkanes of at least 4 members (excludes halogenated alkanes) is 5. The Morgan fingerprint density at radius 3 is 2.36 bits per heavy atom. The van der Waals surface area contributed by atoms with Crippen molar-refractivity contribution in [2.75, 3.05) is 0 Å². The Morgan fingerprint density at radius 1 is 1.21 bits per heavy atom. The van der Waals surface area contributed by atoms with Crippen LogP contribution in [0, 0.1) is 0 Å². The Bertz CT molecular complexity index is 146. The van der Waals surface area contributed by atoms with Crippen molar-refractivity contribution in [2.45, 2.75) is 65.0 Å². The van der Waals surface area contributed by atoms with Gasteiger partial charge >= 0.3 is 0 Å². The molecular formula is C11H23NO2. The van der Waals surface area contributed by atoms with Crippen molar-refractivity contribution in [1.29, 1.82) is 0 Å². The third kappa shape index (κ3) is 9.52. The molecule has 2 N–H and O–H groups in total. The van der Waals surface area contributed by atoms with Crippen LogP contribution in [0.25, 0.3) is 0 Å². The van der Waals surface area contributed by atoms with E-state index in [4.69, 9.17) is 5.11 Å². The number of nitrogens with one attached hydrogen (secondary N) is 1. The van der Waals surface area contributed by atoms with Crippen LogP contribution in [0.3, 0.4) is 0 Å². The average Bonchev–Trinajstić information content (AvgIpc) is 2.10. The molecule has 0 aromatic carbocycles. The molecule has 0 heterocycles. The van der Waals surface area contributed by atoms with Gasteiger partial charge < -0.3 is 10.4 Å². The predicted molar refractivity (Wildman–Crippen MR) is 57.8 cm³/mol. The van der Waals surface area contributed by atoms with Gasteiger partial charge in [-0.25, -0.2) is 0 Å². The highest BCUT2D eigenvalue weighted by Gasteiger charge is 2.02. The van der Waals surface area contributed by atoms with Crippen LogP contribution in [-0.4, -0.2) is 17.2 Å². The van der Waals surface area contributed by atoms with Crippen LogP contribution in [0.1, 0.15) is 58.8 Å². The van der Waals surface area contributed by atoms with Gasteiger partial charge in [0.1, 0.15) is 6.23 Å². The quantitative estimate of drug-likeness (QED) is 0.467. The van der Waals surface area contributed by atoms with E-state index in [0.29, 0.717) is 6.42 Å². The highest BCUT2D eigenvalue weighted by Crippen LogP contribution is 2.06. The lowest BCUT2D eigenvalue weighted by atomic mass is 10.1. The van der Waals surface area contributed by atoms with E-state index in [9.17, 15) is 4.79 Å². The maximum Gasteiger partial charge on any atom is 0.221 e. The maximum atomic E-state index is 11.1. The normalized spacial score (nSPS) is 12.5. The SMILES string of the molecule is CCCCCCCCC(=O)NC(C)O. The third-order valence-corrected chi connectivity index (χ3v) is 2.13. The van der Waals surface area contributed by atoms with Gasteiger partial charge in [-0.15, -0.1) is 0 Å². The lowest BCUT2D eigenvalue weighted by Gasteiger charge is -2.06. The summed E-state index contributed by atoms with van der Waals surface area (Å²) < 4.78 is 0. The summed E-state index contributed by atoms with van der Waals surface area (Å²) in [6.45, 7) is 3.75. The molecule has 0 aliphatic rings. The molecule has 14 heavy (non-hydrogen) atoms. The van der Waals surface area contributed by atoms with Gasteiger partial charge in [-0.3, -0.25) is 4.79 Å². The van der Waals surface area contributed by atoms with Gasteiger partial charge in [0.15, 0.2) is 0 Å². The lowest BCUT2D eigenvalue weighted by molar-refractivity contribution is -0.123. The van der Waals surface area contributed by atoms with Crippen LogP contribution in [0.15, 0.2) is 0 Å². The molecule has 1 amide bonds. The third-order valence-electron chi connectivity index (χ3n) is 2.13. The van der Waals surface area contributed by atoms with Gasteiger partial charge in [-0.1, -0.05) is 39.0 Å². The molecule has 1 atom stereocenters. The number of carbonyl (C=O) groups is 1. The molecule has 0 fully saturated rings. The summed E-state index contributed by atoms with van der Waals surface area (Å²) in [5.41, 5.74) is 0. The fraction of sp³-hybridized carbons (Fsp3) is 0.909. The van der Waals surface area contributed by atoms with E-state index in [-0.39, 0.29) is 5.91 Å². The molecule has 0 aliphatic heterocycles. The van der Waals surface area contributed by atoms with Crippen molar-refractivity contribution in [2.24, 2.45) is 0 Å². The maximum absolute atomic E-state index is 11.1. The summed E-state index contributed by atoms with van der Waals surface area (Å²) in [5, 5.41) is 11.3. The Kier molecular flexibility index (Phi) is 8.64. The Morgan fingerprint density at radius 2 is 1.79 bits per heavy atom. The number of amides is 1. The Labute approximate surface area is 86.9 Å². The number of carbonyl (C=O) groups excluding carboxylic acids is 1. The summed E-state index contributed by atoms with van der Waals surface area (Å²) in [6.07, 6.45) is 6.90. The van der Waals surface area contributed by atoms with Crippen LogP contribution >= 0.6 is 0 Å². The molecule has 0 bridgehead atoms. The van der Waals surface area contributed by atoms with E-state index in [1.807, 2.05) is 0 Å². The van der Waals surface area contributed by atoms with Crippen molar-refractivity contribution < 1.29 is 9.90 Å². The monoisotopic (exact) mass is 201 g/mol. The molecule has 0 aromatic heterocycles. The van der Waals surface area contributed by atoms with Gasteiger partial charge in [-0.05, 0) is 13.3 Å². The van der Waals surface area contributed by atoms with E-state index in [2.05, 4.69) is 12.2 Å². The molecule has 0 saturated heterocycles. The van der Waals surface area contributed by atoms with E-state index >= 15 is 0 Å². The van der Waals surface area contributed by atoms with E-state index in [0.717, 1.165) is 12.8 Å². The predicted octanol–water partition coefficient (Wildman–Crippen LogP) is 2.19. The first-order valence-corrected chi connectivity index (χ1v) is 5.64. The standard InChI is InChI=1S/C11H23NO2/c1-3-4-5-6-7-8-9-11(14)12-10(2)13/h10,13H,3-9H2,1-2H3,(H,12,14). The number of hydrogen-bond donors (Lipinski definition) is 2. The zero-order chi connectivity index (χ0) is 10.8. The molecular weight excluding hydrogens is 178 g/mol. The molecule has 3 heteroatoms. The van der Waals surface area contributed by atoms with Crippen molar-refractivity contribution in [3.8, 4) is 0 Å². The molecule has 0 rings (SSSR count). The highest BCUT2D eigenvalue weighted by atomic mass is 16.3. The second-order valence-electron chi connectivity index (χ2n) is 3.76. The van der Waals surface area contributed by atoms with Crippen molar-refractivity contribution >= 4 is 5.91 Å². The molecule has 0 radical (unpaired) electrons. The first-order chi connectivity index (χ1) is 6.66. The van der Waals surface area contributed by atoms with Crippen LogP contribution < -0.4 is 5.32 Å². The van der Waals surface area contributed by atoms with Gasteiger partial charge in [0.2, 0.25) is 5.91 Å². The first-order valence-electron chi connectivity index (χ1n) is 5.64. The van der Waals surface area contributed by atoms with Crippen molar-refractivity contribution in [3.63, 3.8) is 0 Å². The fourth-order valence-corrected chi connectivity index (χ4v) is 1.37. The molecule has 0 spiro atoms. The van der Waals surface area contributed by atoms with Gasteiger partial charge in [0, 0.05) is 6.42 Å². The Balaban J connectivity index is 3.15. The minimum absolute atomic E-state index is 0.0458. The molecule has 0 aromatic rings. The molecule has 1 unspecified atom stereocenters. The van der Waals surface area contributed by atoms with Crippen LogP contribution in [0.2, 0.25) is 0 Å². The van der Waals surface area contributed by atoms with Crippen LogP contribution in [-0.2, 0) is 4.79 Å². The number of rotatable bonds is 8. The smallest absolute Gasteiger partial charge is 0.221 e. The number of aliphatic hydroxyl groups is 1. The summed E-state index contributed by atoms with van der Waals surface area (Å²) in [5.74, 6) is -0.0458. The zero-order valence-electron chi connectivity index (χ0n) is 9.38. The molecule has 0 saturated carbocycles. The Hall–Kier alpha value is -0.570. The summed E-state index contributed by atoms with van der Waals surface area (Å²) in [4.78, 5) is 11.1. The van der Waals surface area contributed by atoms with Gasteiger partial charge in [0.25, 0.3) is 0 Å². The summed E-state index contributed by atoms with van der Waals surface area (Å²) >= 11 is 0. The fourth-order valence-electron chi connectivity index (χ4n) is 1.37. The van der Waals surface area contributed by atoms with E-state index in [1.165, 1.54) is 25.7 Å².